The standard InChI is InChI=1S/C16H15N3O3S/c1-3-22-16(20)14-9(2)19-15(23-14)10-4-5-13-12(6-10)11(7-17-13)8-18-21/h4-8,17,21H,3H2,1-2H3/b18-8+. The van der Waals surface area contributed by atoms with Gasteiger partial charge in [0.15, 0.2) is 0 Å². The molecule has 0 amide bonds. The first-order valence-corrected chi connectivity index (χ1v) is 7.89. The number of nitrogens with one attached hydrogen (secondary N) is 1. The summed E-state index contributed by atoms with van der Waals surface area (Å²) in [6.07, 6.45) is 3.14. The van der Waals surface area contributed by atoms with Crippen molar-refractivity contribution in [1.82, 2.24) is 9.97 Å². The van der Waals surface area contributed by atoms with Gasteiger partial charge in [-0.3, -0.25) is 0 Å². The van der Waals surface area contributed by atoms with E-state index in [2.05, 4.69) is 15.1 Å². The fraction of sp³-hybridized carbons (Fsp3) is 0.188. The lowest BCUT2D eigenvalue weighted by atomic mass is 10.1. The number of H-pyrrole nitrogens is 1. The molecule has 0 radical (unpaired) electrons. The quantitative estimate of drug-likeness (QED) is 0.331. The smallest absolute Gasteiger partial charge is 0.350 e. The first kappa shape index (κ1) is 15.2. The Balaban J connectivity index is 2.05. The summed E-state index contributed by atoms with van der Waals surface area (Å²) in [5.41, 5.74) is 3.27. The first-order valence-electron chi connectivity index (χ1n) is 7.07. The van der Waals surface area contributed by atoms with Gasteiger partial charge in [-0.25, -0.2) is 9.78 Å². The molecule has 2 N–H and O–H groups in total. The molecule has 3 aromatic rings. The van der Waals surface area contributed by atoms with Gasteiger partial charge >= 0.3 is 5.97 Å². The molecular formula is C16H15N3O3S. The van der Waals surface area contributed by atoms with Gasteiger partial charge in [0, 0.05) is 28.2 Å². The zero-order valence-electron chi connectivity index (χ0n) is 12.7. The maximum atomic E-state index is 11.9. The van der Waals surface area contributed by atoms with Crippen LogP contribution in [0.3, 0.4) is 0 Å². The van der Waals surface area contributed by atoms with E-state index in [1.165, 1.54) is 17.6 Å². The lowest BCUT2D eigenvalue weighted by Crippen LogP contribution is -2.03. The molecule has 0 aliphatic heterocycles. The van der Waals surface area contributed by atoms with Crippen molar-refractivity contribution < 1.29 is 14.7 Å². The van der Waals surface area contributed by atoms with Crippen LogP contribution in [0.25, 0.3) is 21.5 Å². The van der Waals surface area contributed by atoms with Gasteiger partial charge in [-0.1, -0.05) is 5.16 Å². The maximum Gasteiger partial charge on any atom is 0.350 e. The van der Waals surface area contributed by atoms with Crippen LogP contribution in [0.1, 0.15) is 27.9 Å². The van der Waals surface area contributed by atoms with E-state index in [1.807, 2.05) is 18.2 Å². The summed E-state index contributed by atoms with van der Waals surface area (Å²) in [6, 6.07) is 5.82. The minimum Gasteiger partial charge on any atom is -0.462 e. The Morgan fingerprint density at radius 2 is 2.35 bits per heavy atom. The Morgan fingerprint density at radius 1 is 1.52 bits per heavy atom. The summed E-state index contributed by atoms with van der Waals surface area (Å²) in [5.74, 6) is -0.343. The molecule has 0 fully saturated rings. The number of esters is 1. The van der Waals surface area contributed by atoms with Crippen LogP contribution in [0.15, 0.2) is 29.6 Å². The molecule has 7 heteroatoms. The Morgan fingerprint density at radius 3 is 3.09 bits per heavy atom. The molecule has 0 bridgehead atoms. The molecule has 2 aromatic heterocycles. The fourth-order valence-corrected chi connectivity index (χ4v) is 3.31. The molecule has 0 saturated heterocycles. The fourth-order valence-electron chi connectivity index (χ4n) is 2.35. The van der Waals surface area contributed by atoms with Crippen molar-refractivity contribution in [2.24, 2.45) is 5.16 Å². The van der Waals surface area contributed by atoms with E-state index in [-0.39, 0.29) is 5.97 Å². The van der Waals surface area contributed by atoms with Crippen LogP contribution >= 0.6 is 11.3 Å². The third-order valence-corrected chi connectivity index (χ3v) is 4.60. The van der Waals surface area contributed by atoms with Crippen molar-refractivity contribution in [1.29, 1.82) is 0 Å². The molecule has 6 nitrogen and oxygen atoms in total. The number of oxime groups is 1. The van der Waals surface area contributed by atoms with Gasteiger partial charge in [-0.2, -0.15) is 0 Å². The van der Waals surface area contributed by atoms with Crippen molar-refractivity contribution in [2.45, 2.75) is 13.8 Å². The normalized spacial score (nSPS) is 11.4. The van der Waals surface area contributed by atoms with Crippen LogP contribution in [0.2, 0.25) is 0 Å². The molecule has 118 valence electrons. The number of carbonyl (C=O) groups is 1. The third kappa shape index (κ3) is 2.83. The lowest BCUT2D eigenvalue weighted by Gasteiger charge is -1.98. The molecule has 0 unspecified atom stereocenters. The van der Waals surface area contributed by atoms with E-state index >= 15 is 0 Å². The summed E-state index contributed by atoms with van der Waals surface area (Å²) in [6.45, 7) is 3.91. The van der Waals surface area contributed by atoms with E-state index in [1.54, 1.807) is 20.0 Å². The van der Waals surface area contributed by atoms with Gasteiger partial charge in [-0.05, 0) is 32.0 Å². The monoisotopic (exact) mass is 329 g/mol. The number of ether oxygens (including phenoxy) is 1. The molecule has 0 saturated carbocycles. The van der Waals surface area contributed by atoms with Crippen molar-refractivity contribution in [3.05, 3.63) is 40.5 Å². The Hall–Kier alpha value is -2.67. The molecular weight excluding hydrogens is 314 g/mol. The Kier molecular flexibility index (Phi) is 4.12. The number of aromatic nitrogens is 2. The second-order valence-corrected chi connectivity index (χ2v) is 5.90. The molecule has 3 rings (SSSR count). The molecule has 0 atom stereocenters. The van der Waals surface area contributed by atoms with E-state index in [0.29, 0.717) is 17.2 Å². The summed E-state index contributed by atoms with van der Waals surface area (Å²) in [7, 11) is 0. The van der Waals surface area contributed by atoms with Crippen molar-refractivity contribution >= 4 is 34.4 Å². The number of benzene rings is 1. The molecule has 0 aliphatic carbocycles. The van der Waals surface area contributed by atoms with Crippen LogP contribution < -0.4 is 0 Å². The van der Waals surface area contributed by atoms with E-state index < -0.39 is 0 Å². The van der Waals surface area contributed by atoms with Gasteiger partial charge in [-0.15, -0.1) is 11.3 Å². The zero-order chi connectivity index (χ0) is 16.4. The van der Waals surface area contributed by atoms with Crippen molar-refractivity contribution in [3.63, 3.8) is 0 Å². The number of hydrogen-bond acceptors (Lipinski definition) is 6. The van der Waals surface area contributed by atoms with Crippen LogP contribution in [0, 0.1) is 6.92 Å². The number of aromatic amines is 1. The van der Waals surface area contributed by atoms with Crippen LogP contribution in [-0.4, -0.2) is 34.0 Å². The largest absolute Gasteiger partial charge is 0.462 e. The Labute approximate surface area is 136 Å². The van der Waals surface area contributed by atoms with E-state index in [0.717, 1.165) is 27.0 Å². The number of aryl methyl sites for hydroxylation is 1. The van der Waals surface area contributed by atoms with Gasteiger partial charge < -0.3 is 14.9 Å². The number of carbonyl (C=O) groups excluding carboxylic acids is 1. The highest BCUT2D eigenvalue weighted by Gasteiger charge is 2.17. The number of fused-ring (bicyclic) bond motifs is 1. The average Bonchev–Trinajstić information content (AvgIpc) is 3.11. The molecule has 1 aromatic carbocycles. The SMILES string of the molecule is CCOC(=O)c1sc(-c2ccc3[nH]cc(/C=N/O)c3c2)nc1C. The summed E-state index contributed by atoms with van der Waals surface area (Å²) in [4.78, 5) is 20.0. The zero-order valence-corrected chi connectivity index (χ0v) is 13.5. The summed E-state index contributed by atoms with van der Waals surface area (Å²) < 4.78 is 5.05. The minimum absolute atomic E-state index is 0.338. The second kappa shape index (κ2) is 6.21. The molecule has 23 heavy (non-hydrogen) atoms. The lowest BCUT2D eigenvalue weighted by molar-refractivity contribution is 0.0531. The van der Waals surface area contributed by atoms with Crippen molar-refractivity contribution in [2.75, 3.05) is 6.61 Å². The summed E-state index contributed by atoms with van der Waals surface area (Å²) >= 11 is 1.31. The number of hydrogen-bond donors (Lipinski definition) is 2. The van der Waals surface area contributed by atoms with Gasteiger partial charge in [0.1, 0.15) is 9.88 Å². The second-order valence-electron chi connectivity index (χ2n) is 4.90. The van der Waals surface area contributed by atoms with Crippen LogP contribution in [0.5, 0.6) is 0 Å². The number of thiazole rings is 1. The van der Waals surface area contributed by atoms with E-state index in [9.17, 15) is 4.79 Å². The molecule has 2 heterocycles. The highest BCUT2D eigenvalue weighted by atomic mass is 32.1. The van der Waals surface area contributed by atoms with Crippen LogP contribution in [0.4, 0.5) is 0 Å². The topological polar surface area (TPSA) is 87.6 Å². The highest BCUT2D eigenvalue weighted by molar-refractivity contribution is 7.17. The average molecular weight is 329 g/mol. The Bertz CT molecular complexity index is 895. The molecule has 0 spiro atoms. The number of nitrogens with zero attached hydrogens (tertiary/aromatic N) is 2. The minimum atomic E-state index is -0.343. The molecule has 0 aliphatic rings. The predicted octanol–water partition coefficient (Wildman–Crippen LogP) is 3.58. The third-order valence-electron chi connectivity index (χ3n) is 3.41. The summed E-state index contributed by atoms with van der Waals surface area (Å²) in [5, 5.41) is 13.5. The van der Waals surface area contributed by atoms with E-state index in [4.69, 9.17) is 9.94 Å². The van der Waals surface area contributed by atoms with Gasteiger partial charge in [0.2, 0.25) is 0 Å². The number of rotatable bonds is 4. The first-order chi connectivity index (χ1) is 11.1. The van der Waals surface area contributed by atoms with Gasteiger partial charge in [0.05, 0.1) is 18.5 Å². The predicted molar refractivity (Wildman–Crippen MR) is 89.5 cm³/mol. The maximum absolute atomic E-state index is 11.9. The van der Waals surface area contributed by atoms with Crippen LogP contribution in [-0.2, 0) is 4.74 Å². The van der Waals surface area contributed by atoms with Crippen molar-refractivity contribution in [3.8, 4) is 10.6 Å². The van der Waals surface area contributed by atoms with Gasteiger partial charge in [0.25, 0.3) is 0 Å². The highest BCUT2D eigenvalue weighted by Crippen LogP contribution is 2.31.